The van der Waals surface area contributed by atoms with E-state index in [4.69, 9.17) is 14.2 Å². The lowest BCUT2D eigenvalue weighted by atomic mass is 10.1. The van der Waals surface area contributed by atoms with Crippen molar-refractivity contribution in [2.45, 2.75) is 46.5 Å². The Morgan fingerprint density at radius 2 is 1.67 bits per heavy atom. The summed E-state index contributed by atoms with van der Waals surface area (Å²) >= 11 is 0. The molecular formula is C17H26O4. The number of esters is 1. The average Bonchev–Trinajstić information content (AvgIpc) is 2.49. The van der Waals surface area contributed by atoms with Crippen LogP contribution in [0.25, 0.3) is 0 Å². The van der Waals surface area contributed by atoms with Gasteiger partial charge in [0.2, 0.25) is 0 Å². The maximum atomic E-state index is 11.8. The fourth-order valence-electron chi connectivity index (χ4n) is 1.94. The SMILES string of the molecule is CCCCOc1ccc(C(=O)OC)c(C)c1OCCCC. The monoisotopic (exact) mass is 294 g/mol. The van der Waals surface area contributed by atoms with Crippen LogP contribution in [0.2, 0.25) is 0 Å². The van der Waals surface area contributed by atoms with Crippen LogP contribution in [-0.4, -0.2) is 26.3 Å². The quantitative estimate of drug-likeness (QED) is 0.507. The molecule has 1 aromatic carbocycles. The van der Waals surface area contributed by atoms with Gasteiger partial charge in [-0.15, -0.1) is 0 Å². The third-order valence-corrected chi connectivity index (χ3v) is 3.27. The Hall–Kier alpha value is -1.71. The maximum absolute atomic E-state index is 11.8. The zero-order valence-electron chi connectivity index (χ0n) is 13.5. The molecule has 0 unspecified atom stereocenters. The third-order valence-electron chi connectivity index (χ3n) is 3.27. The molecule has 0 N–H and O–H groups in total. The van der Waals surface area contributed by atoms with Crippen molar-refractivity contribution in [3.8, 4) is 11.5 Å². The van der Waals surface area contributed by atoms with Crippen molar-refractivity contribution in [1.82, 2.24) is 0 Å². The highest BCUT2D eigenvalue weighted by atomic mass is 16.5. The van der Waals surface area contributed by atoms with E-state index in [0.29, 0.717) is 30.3 Å². The van der Waals surface area contributed by atoms with Crippen molar-refractivity contribution in [3.63, 3.8) is 0 Å². The van der Waals surface area contributed by atoms with Gasteiger partial charge in [0.25, 0.3) is 0 Å². The Morgan fingerprint density at radius 3 is 2.24 bits per heavy atom. The Balaban J connectivity index is 3.00. The van der Waals surface area contributed by atoms with Gasteiger partial charge in [-0.25, -0.2) is 4.79 Å². The van der Waals surface area contributed by atoms with Crippen LogP contribution >= 0.6 is 0 Å². The topological polar surface area (TPSA) is 44.8 Å². The van der Waals surface area contributed by atoms with Crippen LogP contribution in [0.15, 0.2) is 12.1 Å². The van der Waals surface area contributed by atoms with Crippen LogP contribution in [0, 0.1) is 6.92 Å². The van der Waals surface area contributed by atoms with Gasteiger partial charge in [0, 0.05) is 5.56 Å². The predicted octanol–water partition coefficient (Wildman–Crippen LogP) is 4.14. The molecule has 0 fully saturated rings. The lowest BCUT2D eigenvalue weighted by molar-refractivity contribution is 0.0599. The number of hydrogen-bond donors (Lipinski definition) is 0. The number of carbonyl (C=O) groups excluding carboxylic acids is 1. The first-order valence-corrected chi connectivity index (χ1v) is 7.63. The Bertz CT molecular complexity index is 454. The molecule has 118 valence electrons. The van der Waals surface area contributed by atoms with Crippen LogP contribution in [0.1, 0.15) is 55.5 Å². The zero-order valence-corrected chi connectivity index (χ0v) is 13.5. The molecule has 1 rings (SSSR count). The standard InChI is InChI=1S/C17H26O4/c1-5-7-11-20-15-10-9-14(17(18)19-4)13(3)16(15)21-12-8-6-2/h9-10H,5-8,11-12H2,1-4H3. The fourth-order valence-corrected chi connectivity index (χ4v) is 1.94. The fraction of sp³-hybridized carbons (Fsp3) is 0.588. The summed E-state index contributed by atoms with van der Waals surface area (Å²) < 4.78 is 16.4. The van der Waals surface area contributed by atoms with E-state index in [9.17, 15) is 4.79 Å². The van der Waals surface area contributed by atoms with E-state index in [1.54, 1.807) is 12.1 Å². The summed E-state index contributed by atoms with van der Waals surface area (Å²) in [5.74, 6) is 1.00. The van der Waals surface area contributed by atoms with E-state index >= 15 is 0 Å². The summed E-state index contributed by atoms with van der Waals surface area (Å²) in [7, 11) is 1.38. The van der Waals surface area contributed by atoms with Crippen molar-refractivity contribution in [2.24, 2.45) is 0 Å². The minimum atomic E-state index is -0.354. The molecule has 0 saturated carbocycles. The number of ether oxygens (including phenoxy) is 3. The van der Waals surface area contributed by atoms with Crippen LogP contribution in [0.5, 0.6) is 11.5 Å². The smallest absolute Gasteiger partial charge is 0.338 e. The molecule has 4 heteroatoms. The van der Waals surface area contributed by atoms with Gasteiger partial charge in [-0.3, -0.25) is 0 Å². The second-order valence-corrected chi connectivity index (χ2v) is 4.96. The molecule has 0 spiro atoms. The summed E-state index contributed by atoms with van der Waals surface area (Å²) in [4.78, 5) is 11.8. The minimum Gasteiger partial charge on any atom is -0.490 e. The van der Waals surface area contributed by atoms with Gasteiger partial charge in [-0.05, 0) is 31.9 Å². The molecule has 0 atom stereocenters. The van der Waals surface area contributed by atoms with E-state index in [1.165, 1.54) is 7.11 Å². The first-order chi connectivity index (χ1) is 10.2. The lowest BCUT2D eigenvalue weighted by Crippen LogP contribution is -2.09. The number of carbonyl (C=O) groups is 1. The molecule has 4 nitrogen and oxygen atoms in total. The largest absolute Gasteiger partial charge is 0.490 e. The molecule has 0 radical (unpaired) electrons. The van der Waals surface area contributed by atoms with Crippen LogP contribution in [-0.2, 0) is 4.74 Å². The van der Waals surface area contributed by atoms with Crippen molar-refractivity contribution in [3.05, 3.63) is 23.3 Å². The molecule has 0 aliphatic heterocycles. The van der Waals surface area contributed by atoms with Gasteiger partial charge < -0.3 is 14.2 Å². The molecule has 21 heavy (non-hydrogen) atoms. The number of rotatable bonds is 9. The predicted molar refractivity (Wildman–Crippen MR) is 83.3 cm³/mol. The highest BCUT2D eigenvalue weighted by molar-refractivity contribution is 5.92. The Morgan fingerprint density at radius 1 is 1.05 bits per heavy atom. The van der Waals surface area contributed by atoms with Gasteiger partial charge in [-0.2, -0.15) is 0 Å². The second-order valence-electron chi connectivity index (χ2n) is 4.96. The van der Waals surface area contributed by atoms with E-state index < -0.39 is 0 Å². The van der Waals surface area contributed by atoms with Crippen molar-refractivity contribution in [2.75, 3.05) is 20.3 Å². The first kappa shape index (κ1) is 17.3. The Kier molecular flexibility index (Phi) is 7.65. The zero-order chi connectivity index (χ0) is 15.7. The van der Waals surface area contributed by atoms with E-state index in [1.807, 2.05) is 6.92 Å². The van der Waals surface area contributed by atoms with Gasteiger partial charge in [-0.1, -0.05) is 26.7 Å². The molecule has 0 bridgehead atoms. The number of hydrogen-bond acceptors (Lipinski definition) is 4. The Labute approximate surface area is 127 Å². The maximum Gasteiger partial charge on any atom is 0.338 e. The van der Waals surface area contributed by atoms with Gasteiger partial charge in [0.1, 0.15) is 0 Å². The van der Waals surface area contributed by atoms with E-state index in [2.05, 4.69) is 13.8 Å². The summed E-state index contributed by atoms with van der Waals surface area (Å²) in [6, 6.07) is 3.52. The number of methoxy groups -OCH3 is 1. The molecule has 0 aliphatic carbocycles. The van der Waals surface area contributed by atoms with Gasteiger partial charge in [0.15, 0.2) is 11.5 Å². The lowest BCUT2D eigenvalue weighted by Gasteiger charge is -2.16. The molecule has 0 heterocycles. The molecule has 0 amide bonds. The molecule has 0 aromatic heterocycles. The van der Waals surface area contributed by atoms with E-state index in [-0.39, 0.29) is 5.97 Å². The van der Waals surface area contributed by atoms with Crippen LogP contribution in [0.4, 0.5) is 0 Å². The van der Waals surface area contributed by atoms with Crippen LogP contribution in [0.3, 0.4) is 0 Å². The number of benzene rings is 1. The second kappa shape index (κ2) is 9.27. The first-order valence-electron chi connectivity index (χ1n) is 7.63. The average molecular weight is 294 g/mol. The van der Waals surface area contributed by atoms with Gasteiger partial charge in [0.05, 0.1) is 25.9 Å². The van der Waals surface area contributed by atoms with E-state index in [0.717, 1.165) is 31.2 Å². The third kappa shape index (κ3) is 4.96. The summed E-state index contributed by atoms with van der Waals surface area (Å²) in [6.45, 7) is 7.36. The molecule has 1 aromatic rings. The highest BCUT2D eigenvalue weighted by Crippen LogP contribution is 2.34. The van der Waals surface area contributed by atoms with Crippen molar-refractivity contribution < 1.29 is 19.0 Å². The van der Waals surface area contributed by atoms with Crippen molar-refractivity contribution in [1.29, 1.82) is 0 Å². The summed E-state index contributed by atoms with van der Waals surface area (Å²) in [6.07, 6.45) is 4.09. The summed E-state index contributed by atoms with van der Waals surface area (Å²) in [5.41, 5.74) is 1.29. The van der Waals surface area contributed by atoms with Crippen LogP contribution < -0.4 is 9.47 Å². The van der Waals surface area contributed by atoms with Crippen molar-refractivity contribution >= 4 is 5.97 Å². The molecule has 0 aliphatic rings. The molecular weight excluding hydrogens is 268 g/mol. The highest BCUT2D eigenvalue weighted by Gasteiger charge is 2.17. The van der Waals surface area contributed by atoms with Gasteiger partial charge >= 0.3 is 5.97 Å². The normalized spacial score (nSPS) is 10.3. The minimum absolute atomic E-state index is 0.354. The molecule has 0 saturated heterocycles. The number of unbranched alkanes of at least 4 members (excludes halogenated alkanes) is 2. The summed E-state index contributed by atoms with van der Waals surface area (Å²) in [5, 5.41) is 0.